The standard InChI is InChI=1S/C58H38N4/c1-5-17-39(18-6-1)51-36-46(44-33-34-54-50(35-44)49-27-15-16-28-53(49)61(54)47-24-11-4-12-25-47)37-52(59-51)40-29-31-41(32-30-40)55-38-45-23-13-14-26-48(45)58-56(42-19-7-2-8-20-42)57(60-62(55)58)43-21-9-3-10-22-43/h1-38H. The monoisotopic (exact) mass is 790 g/mol. The van der Waals surface area contributed by atoms with Crippen molar-refractivity contribution in [1.29, 1.82) is 0 Å². The molecule has 4 nitrogen and oxygen atoms in total. The lowest BCUT2D eigenvalue weighted by atomic mass is 9.96. The highest BCUT2D eigenvalue weighted by Crippen LogP contribution is 2.42. The van der Waals surface area contributed by atoms with Crippen LogP contribution in [0.3, 0.4) is 0 Å². The van der Waals surface area contributed by atoms with Gasteiger partial charge in [0, 0.05) is 49.7 Å². The molecule has 0 saturated carbocycles. The summed E-state index contributed by atoms with van der Waals surface area (Å²) in [7, 11) is 0. The van der Waals surface area contributed by atoms with E-state index >= 15 is 0 Å². The number of pyridine rings is 2. The van der Waals surface area contributed by atoms with Crippen molar-refractivity contribution in [1.82, 2.24) is 19.2 Å². The number of nitrogens with zero attached hydrogens (tertiary/aromatic N) is 4. The van der Waals surface area contributed by atoms with E-state index in [0.29, 0.717) is 0 Å². The van der Waals surface area contributed by atoms with Gasteiger partial charge in [0.1, 0.15) is 5.69 Å². The van der Waals surface area contributed by atoms with E-state index in [1.54, 1.807) is 0 Å². The molecule has 0 atom stereocenters. The van der Waals surface area contributed by atoms with Crippen LogP contribution in [0.2, 0.25) is 0 Å². The fourth-order valence-electron chi connectivity index (χ4n) is 9.19. The molecule has 0 spiro atoms. The van der Waals surface area contributed by atoms with Gasteiger partial charge in [0.2, 0.25) is 0 Å². The molecule has 0 radical (unpaired) electrons. The zero-order valence-electron chi connectivity index (χ0n) is 33.7. The van der Waals surface area contributed by atoms with Gasteiger partial charge in [-0.3, -0.25) is 0 Å². The quantitative estimate of drug-likeness (QED) is 0.161. The molecule has 62 heavy (non-hydrogen) atoms. The Morgan fingerprint density at radius 2 is 0.871 bits per heavy atom. The average molecular weight is 791 g/mol. The molecule has 0 unspecified atom stereocenters. The summed E-state index contributed by atoms with van der Waals surface area (Å²) < 4.78 is 4.51. The van der Waals surface area contributed by atoms with Crippen LogP contribution in [0.15, 0.2) is 231 Å². The van der Waals surface area contributed by atoms with E-state index in [2.05, 4.69) is 240 Å². The Hall–Kier alpha value is -8.34. The minimum atomic E-state index is 0.917. The maximum absolute atomic E-state index is 5.42. The summed E-state index contributed by atoms with van der Waals surface area (Å²) in [6.07, 6.45) is 0. The molecule has 4 aromatic heterocycles. The molecule has 0 amide bonds. The molecule has 0 fully saturated rings. The van der Waals surface area contributed by atoms with Crippen molar-refractivity contribution in [2.45, 2.75) is 0 Å². The predicted octanol–water partition coefficient (Wildman–Crippen LogP) is 15.0. The van der Waals surface area contributed by atoms with Crippen LogP contribution in [0, 0.1) is 0 Å². The molecule has 0 saturated heterocycles. The lowest BCUT2D eigenvalue weighted by Gasteiger charge is -2.13. The molecule has 0 aliphatic heterocycles. The van der Waals surface area contributed by atoms with Crippen molar-refractivity contribution >= 4 is 38.1 Å². The Morgan fingerprint density at radius 3 is 1.58 bits per heavy atom. The van der Waals surface area contributed by atoms with E-state index in [4.69, 9.17) is 10.1 Å². The zero-order chi connectivity index (χ0) is 41.0. The molecule has 0 aliphatic carbocycles. The van der Waals surface area contributed by atoms with Gasteiger partial charge < -0.3 is 4.57 Å². The van der Waals surface area contributed by atoms with E-state index in [1.165, 1.54) is 32.6 Å². The first kappa shape index (κ1) is 35.6. The molecule has 4 heterocycles. The number of rotatable bonds is 7. The summed E-state index contributed by atoms with van der Waals surface area (Å²) in [4.78, 5) is 5.31. The van der Waals surface area contributed by atoms with Crippen LogP contribution in [0.5, 0.6) is 0 Å². The highest BCUT2D eigenvalue weighted by Gasteiger charge is 2.22. The summed E-state index contributed by atoms with van der Waals surface area (Å²) >= 11 is 0. The third kappa shape index (κ3) is 6.00. The molecule has 0 aliphatic rings. The fourth-order valence-corrected chi connectivity index (χ4v) is 9.19. The van der Waals surface area contributed by atoms with Crippen LogP contribution >= 0.6 is 0 Å². The topological polar surface area (TPSA) is 35.1 Å². The Labute approximate surface area is 359 Å². The summed E-state index contributed by atoms with van der Waals surface area (Å²) in [6.45, 7) is 0. The summed E-state index contributed by atoms with van der Waals surface area (Å²) in [5, 5.41) is 10.2. The summed E-state index contributed by atoms with van der Waals surface area (Å²) in [5.41, 5.74) is 17.3. The number of aromatic nitrogens is 4. The maximum atomic E-state index is 5.42. The van der Waals surface area contributed by atoms with Crippen molar-refractivity contribution < 1.29 is 0 Å². The Bertz CT molecular complexity index is 3590. The predicted molar refractivity (Wildman–Crippen MR) is 257 cm³/mol. The third-order valence-electron chi connectivity index (χ3n) is 12.1. The molecule has 12 aromatic rings. The molecular formula is C58H38N4. The van der Waals surface area contributed by atoms with Crippen LogP contribution in [0.4, 0.5) is 0 Å². The Morgan fingerprint density at radius 1 is 0.339 bits per heavy atom. The lowest BCUT2D eigenvalue weighted by Crippen LogP contribution is -1.96. The largest absolute Gasteiger partial charge is 0.309 e. The summed E-state index contributed by atoms with van der Waals surface area (Å²) in [6, 6.07) is 82.0. The third-order valence-corrected chi connectivity index (χ3v) is 12.1. The van der Waals surface area contributed by atoms with E-state index in [-0.39, 0.29) is 0 Å². The van der Waals surface area contributed by atoms with Gasteiger partial charge in [0.15, 0.2) is 0 Å². The minimum absolute atomic E-state index is 0.917. The van der Waals surface area contributed by atoms with Gasteiger partial charge >= 0.3 is 0 Å². The van der Waals surface area contributed by atoms with E-state index < -0.39 is 0 Å². The van der Waals surface area contributed by atoms with Gasteiger partial charge in [-0.25, -0.2) is 9.50 Å². The number of benzene rings is 8. The van der Waals surface area contributed by atoms with Crippen molar-refractivity contribution in [2.24, 2.45) is 0 Å². The number of hydrogen-bond donors (Lipinski definition) is 0. The summed E-state index contributed by atoms with van der Waals surface area (Å²) in [5.74, 6) is 0. The first-order valence-corrected chi connectivity index (χ1v) is 21.1. The molecule has 8 aromatic carbocycles. The molecule has 4 heteroatoms. The van der Waals surface area contributed by atoms with Crippen molar-refractivity contribution in [3.63, 3.8) is 0 Å². The highest BCUT2D eigenvalue weighted by molar-refractivity contribution is 6.11. The van der Waals surface area contributed by atoms with E-state index in [9.17, 15) is 0 Å². The second-order valence-electron chi connectivity index (χ2n) is 15.8. The Balaban J connectivity index is 1.01. The molecule has 0 N–H and O–H groups in total. The van der Waals surface area contributed by atoms with Crippen molar-refractivity contribution in [2.75, 3.05) is 0 Å². The first-order chi connectivity index (χ1) is 30.7. The van der Waals surface area contributed by atoms with E-state index in [0.717, 1.165) is 78.5 Å². The minimum Gasteiger partial charge on any atom is -0.309 e. The number of hydrogen-bond acceptors (Lipinski definition) is 2. The lowest BCUT2D eigenvalue weighted by molar-refractivity contribution is 0.979. The first-order valence-electron chi connectivity index (χ1n) is 21.1. The number of para-hydroxylation sites is 2. The van der Waals surface area contributed by atoms with Gasteiger partial charge in [-0.05, 0) is 70.6 Å². The van der Waals surface area contributed by atoms with Crippen LogP contribution in [-0.4, -0.2) is 19.2 Å². The average Bonchev–Trinajstić information content (AvgIpc) is 3.92. The number of fused-ring (bicyclic) bond motifs is 6. The van der Waals surface area contributed by atoms with Gasteiger partial charge in [-0.2, -0.15) is 5.10 Å². The molecular weight excluding hydrogens is 753 g/mol. The van der Waals surface area contributed by atoms with Crippen molar-refractivity contribution in [3.05, 3.63) is 231 Å². The SMILES string of the molecule is c1ccc(-c2cc(-c3ccc4c(c3)c3ccccc3n4-c3ccccc3)cc(-c3ccc(-c4cc5ccccc5c5c(-c6ccccc6)c(-c6ccccc6)nn45)cc3)n2)cc1. The molecule has 290 valence electrons. The van der Waals surface area contributed by atoms with Gasteiger partial charge in [0.05, 0.1) is 33.6 Å². The second kappa shape index (κ2) is 14.7. The van der Waals surface area contributed by atoms with Gasteiger partial charge in [-0.15, -0.1) is 0 Å². The van der Waals surface area contributed by atoms with Gasteiger partial charge in [0.25, 0.3) is 0 Å². The van der Waals surface area contributed by atoms with Crippen LogP contribution in [0.25, 0.3) is 111 Å². The van der Waals surface area contributed by atoms with Crippen molar-refractivity contribution in [3.8, 4) is 73.0 Å². The maximum Gasteiger partial charge on any atom is 0.101 e. The highest BCUT2D eigenvalue weighted by atomic mass is 15.2. The van der Waals surface area contributed by atoms with Gasteiger partial charge in [-0.1, -0.05) is 182 Å². The normalized spacial score (nSPS) is 11.5. The van der Waals surface area contributed by atoms with Crippen LogP contribution in [0.1, 0.15) is 0 Å². The molecule has 0 bridgehead atoms. The second-order valence-corrected chi connectivity index (χ2v) is 15.8. The molecule has 12 rings (SSSR count). The van der Waals surface area contributed by atoms with Crippen LogP contribution in [-0.2, 0) is 0 Å². The Kier molecular flexibility index (Phi) is 8.46. The van der Waals surface area contributed by atoms with E-state index in [1.807, 2.05) is 0 Å². The fraction of sp³-hybridized carbons (Fsp3) is 0. The zero-order valence-corrected chi connectivity index (χ0v) is 33.7. The van der Waals surface area contributed by atoms with Crippen LogP contribution < -0.4 is 0 Å². The smallest absolute Gasteiger partial charge is 0.101 e.